The fourth-order valence-corrected chi connectivity index (χ4v) is 4.07. The lowest BCUT2D eigenvalue weighted by Crippen LogP contribution is -2.42. The second kappa shape index (κ2) is 5.56. The van der Waals surface area contributed by atoms with Gasteiger partial charge < -0.3 is 5.11 Å². The predicted octanol–water partition coefficient (Wildman–Crippen LogP) is 1.33. The summed E-state index contributed by atoms with van der Waals surface area (Å²) in [5, 5.41) is 9.00. The van der Waals surface area contributed by atoms with Crippen molar-refractivity contribution in [2.75, 3.05) is 13.1 Å². The highest BCUT2D eigenvalue weighted by Crippen LogP contribution is 2.24. The van der Waals surface area contributed by atoms with E-state index in [1.165, 1.54) is 22.8 Å². The van der Waals surface area contributed by atoms with Crippen molar-refractivity contribution >= 4 is 31.9 Å². The first-order valence-electron chi connectivity index (χ1n) is 5.75. The van der Waals surface area contributed by atoms with Crippen LogP contribution in [0, 0.1) is 5.92 Å². The highest BCUT2D eigenvalue weighted by molar-refractivity contribution is 9.10. The van der Waals surface area contributed by atoms with Gasteiger partial charge in [0.25, 0.3) is 0 Å². The first-order chi connectivity index (χ1) is 8.91. The Hall–Kier alpha value is -0.990. The third-order valence-electron chi connectivity index (χ3n) is 3.05. The van der Waals surface area contributed by atoms with Crippen LogP contribution in [0.15, 0.2) is 27.8 Å². The number of hydrogen-bond donors (Lipinski definition) is 1. The summed E-state index contributed by atoms with van der Waals surface area (Å²) >= 11 is 3.17. The molecule has 0 aromatic carbocycles. The van der Waals surface area contributed by atoms with E-state index in [1.807, 2.05) is 0 Å². The quantitative estimate of drug-likeness (QED) is 0.890. The van der Waals surface area contributed by atoms with E-state index >= 15 is 0 Å². The summed E-state index contributed by atoms with van der Waals surface area (Å²) in [6.45, 7) is 0.364. The molecule has 8 heteroatoms. The van der Waals surface area contributed by atoms with Crippen LogP contribution in [0.1, 0.15) is 12.8 Å². The van der Waals surface area contributed by atoms with Crippen LogP contribution >= 0.6 is 15.9 Å². The van der Waals surface area contributed by atoms with Crippen molar-refractivity contribution in [3.05, 3.63) is 22.9 Å². The van der Waals surface area contributed by atoms with Gasteiger partial charge in [-0.2, -0.15) is 4.31 Å². The summed E-state index contributed by atoms with van der Waals surface area (Å²) in [5.74, 6) is -1.59. The first kappa shape index (κ1) is 14.4. The number of pyridine rings is 1. The van der Waals surface area contributed by atoms with Gasteiger partial charge in [0, 0.05) is 30.0 Å². The van der Waals surface area contributed by atoms with Crippen molar-refractivity contribution < 1.29 is 18.3 Å². The van der Waals surface area contributed by atoms with E-state index in [9.17, 15) is 13.2 Å². The van der Waals surface area contributed by atoms with E-state index in [2.05, 4.69) is 20.9 Å². The maximum Gasteiger partial charge on any atom is 0.307 e. The molecule has 1 aliphatic heterocycles. The number of carboxylic acids is 1. The van der Waals surface area contributed by atoms with Gasteiger partial charge in [0.05, 0.1) is 5.92 Å². The lowest BCUT2D eigenvalue weighted by atomic mass is 10.0. The Balaban J connectivity index is 2.27. The molecule has 0 spiro atoms. The highest BCUT2D eigenvalue weighted by Gasteiger charge is 2.33. The molecule has 1 atom stereocenters. The summed E-state index contributed by atoms with van der Waals surface area (Å²) in [4.78, 5) is 14.9. The van der Waals surface area contributed by atoms with Gasteiger partial charge in [0.15, 0.2) is 0 Å². The number of halogens is 1. The van der Waals surface area contributed by atoms with E-state index in [4.69, 9.17) is 5.11 Å². The Morgan fingerprint density at radius 2 is 2.21 bits per heavy atom. The second-order valence-corrected chi connectivity index (χ2v) is 7.23. The van der Waals surface area contributed by atoms with E-state index in [-0.39, 0.29) is 11.4 Å². The monoisotopic (exact) mass is 348 g/mol. The molecule has 19 heavy (non-hydrogen) atoms. The van der Waals surface area contributed by atoms with Crippen LogP contribution in [0.3, 0.4) is 0 Å². The molecule has 6 nitrogen and oxygen atoms in total. The third-order valence-corrected chi connectivity index (χ3v) is 5.32. The molecule has 0 amide bonds. The van der Waals surface area contributed by atoms with Crippen molar-refractivity contribution in [2.45, 2.75) is 17.7 Å². The highest BCUT2D eigenvalue weighted by atomic mass is 79.9. The number of sulfonamides is 1. The van der Waals surface area contributed by atoms with Gasteiger partial charge in [-0.15, -0.1) is 0 Å². The van der Waals surface area contributed by atoms with E-state index in [0.29, 0.717) is 23.9 Å². The predicted molar refractivity (Wildman–Crippen MR) is 71.1 cm³/mol. The third kappa shape index (κ3) is 3.13. The summed E-state index contributed by atoms with van der Waals surface area (Å²) < 4.78 is 26.6. The van der Waals surface area contributed by atoms with Gasteiger partial charge in [-0.05, 0) is 34.8 Å². The van der Waals surface area contributed by atoms with Crippen LogP contribution in [0.4, 0.5) is 0 Å². The molecule has 1 saturated heterocycles. The molecule has 2 rings (SSSR count). The molecule has 0 bridgehead atoms. The zero-order chi connectivity index (χ0) is 14.0. The average Bonchev–Trinajstić information content (AvgIpc) is 2.39. The molecule has 0 radical (unpaired) electrons. The van der Waals surface area contributed by atoms with Crippen LogP contribution in [0.25, 0.3) is 0 Å². The minimum Gasteiger partial charge on any atom is -0.481 e. The number of hydrogen-bond acceptors (Lipinski definition) is 4. The van der Waals surface area contributed by atoms with Gasteiger partial charge in [-0.1, -0.05) is 0 Å². The number of rotatable bonds is 3. The Morgan fingerprint density at radius 1 is 1.47 bits per heavy atom. The number of aliphatic carboxylic acids is 1. The molecule has 1 N–H and O–H groups in total. The summed E-state index contributed by atoms with van der Waals surface area (Å²) in [5.41, 5.74) is 0. The molecule has 0 saturated carbocycles. The largest absolute Gasteiger partial charge is 0.481 e. The number of nitrogens with zero attached hydrogens (tertiary/aromatic N) is 2. The van der Waals surface area contributed by atoms with Crippen molar-refractivity contribution in [1.82, 2.24) is 9.29 Å². The van der Waals surface area contributed by atoms with Crippen LogP contribution in [-0.4, -0.2) is 41.9 Å². The maximum absolute atomic E-state index is 12.4. The molecule has 2 heterocycles. The van der Waals surface area contributed by atoms with Crippen molar-refractivity contribution in [1.29, 1.82) is 0 Å². The van der Waals surface area contributed by atoms with E-state index < -0.39 is 21.9 Å². The van der Waals surface area contributed by atoms with Gasteiger partial charge in [0.1, 0.15) is 4.90 Å². The van der Waals surface area contributed by atoms with Crippen LogP contribution in [-0.2, 0) is 14.8 Å². The first-order valence-corrected chi connectivity index (χ1v) is 7.98. The molecule has 1 fully saturated rings. The molecule has 1 aliphatic rings. The molecular formula is C11H13BrN2O4S. The summed E-state index contributed by atoms with van der Waals surface area (Å²) in [6, 6.07) is 1.46. The van der Waals surface area contributed by atoms with Crippen molar-refractivity contribution in [2.24, 2.45) is 5.92 Å². The smallest absolute Gasteiger partial charge is 0.307 e. The number of carboxylic acid groups (broad SMARTS) is 1. The fraction of sp³-hybridized carbons (Fsp3) is 0.455. The van der Waals surface area contributed by atoms with Crippen molar-refractivity contribution in [3.8, 4) is 0 Å². The molecule has 1 aromatic rings. The molecule has 0 unspecified atom stereocenters. The summed E-state index contributed by atoms with van der Waals surface area (Å²) in [7, 11) is -3.67. The SMILES string of the molecule is O=C(O)[C@@H]1CCCN(S(=O)(=O)c2cncc(Br)c2)C1. The van der Waals surface area contributed by atoms with Gasteiger partial charge in [-0.3, -0.25) is 9.78 Å². The normalized spacial score (nSPS) is 21.2. The minimum atomic E-state index is -3.67. The molecule has 104 valence electrons. The Morgan fingerprint density at radius 3 is 2.84 bits per heavy atom. The molecule has 1 aromatic heterocycles. The van der Waals surface area contributed by atoms with Gasteiger partial charge in [-0.25, -0.2) is 8.42 Å². The zero-order valence-corrected chi connectivity index (χ0v) is 12.4. The number of carbonyl (C=O) groups is 1. The Labute approximate surface area is 119 Å². The topological polar surface area (TPSA) is 87.6 Å². The van der Waals surface area contributed by atoms with Gasteiger partial charge >= 0.3 is 5.97 Å². The maximum atomic E-state index is 12.4. The zero-order valence-electron chi connectivity index (χ0n) is 9.99. The lowest BCUT2D eigenvalue weighted by Gasteiger charge is -2.29. The van der Waals surface area contributed by atoms with Gasteiger partial charge in [0.2, 0.25) is 10.0 Å². The minimum absolute atomic E-state index is 0.0180. The van der Waals surface area contributed by atoms with Crippen molar-refractivity contribution in [3.63, 3.8) is 0 Å². The second-order valence-electron chi connectivity index (χ2n) is 4.38. The van der Waals surface area contributed by atoms with E-state index in [1.54, 1.807) is 0 Å². The van der Waals surface area contributed by atoms with Crippen LogP contribution in [0.5, 0.6) is 0 Å². The fourth-order valence-electron chi connectivity index (χ4n) is 2.04. The number of piperidine rings is 1. The number of aromatic nitrogens is 1. The molecular weight excluding hydrogens is 336 g/mol. The lowest BCUT2D eigenvalue weighted by molar-refractivity contribution is -0.142. The van der Waals surface area contributed by atoms with E-state index in [0.717, 1.165) is 0 Å². The standard InChI is InChI=1S/C11H13BrN2O4S/c12-9-4-10(6-13-5-9)19(17,18)14-3-1-2-8(7-14)11(15)16/h4-6,8H,1-3,7H2,(H,15,16)/t8-/m1/s1. The summed E-state index contributed by atoms with van der Waals surface area (Å²) in [6.07, 6.45) is 3.83. The Bertz CT molecular complexity index is 590. The van der Waals surface area contributed by atoms with Crippen LogP contribution < -0.4 is 0 Å². The molecule has 0 aliphatic carbocycles. The Kier molecular flexibility index (Phi) is 4.22. The average molecular weight is 349 g/mol. The van der Waals surface area contributed by atoms with Crippen LogP contribution in [0.2, 0.25) is 0 Å².